The first kappa shape index (κ1) is 16.6. The molecule has 0 atom stereocenters. The van der Waals surface area contributed by atoms with Crippen LogP contribution >= 0.6 is 0 Å². The first-order valence-electron chi connectivity index (χ1n) is 7.97. The third-order valence-electron chi connectivity index (χ3n) is 3.88. The van der Waals surface area contributed by atoms with Crippen molar-refractivity contribution in [1.29, 1.82) is 0 Å². The average Bonchev–Trinajstić information content (AvgIpc) is 2.64. The lowest BCUT2D eigenvalue weighted by Gasteiger charge is -2.08. The van der Waals surface area contributed by atoms with Crippen LogP contribution in [0, 0.1) is 13.8 Å². The van der Waals surface area contributed by atoms with E-state index < -0.39 is 0 Å². The number of aromatic nitrogens is 3. The molecule has 0 aliphatic carbocycles. The molecule has 0 aliphatic rings. The molecule has 25 heavy (non-hydrogen) atoms. The third-order valence-corrected chi connectivity index (χ3v) is 3.88. The molecule has 0 saturated carbocycles. The van der Waals surface area contributed by atoms with Gasteiger partial charge in [-0.25, -0.2) is 0 Å². The van der Waals surface area contributed by atoms with Gasteiger partial charge in [-0.3, -0.25) is 9.78 Å². The number of anilines is 2. The predicted octanol–water partition coefficient (Wildman–Crippen LogP) is 3.16. The van der Waals surface area contributed by atoms with E-state index in [4.69, 9.17) is 0 Å². The molecule has 3 aromatic rings. The van der Waals surface area contributed by atoms with Crippen molar-refractivity contribution in [3.63, 3.8) is 0 Å². The highest BCUT2D eigenvalue weighted by Crippen LogP contribution is 2.17. The Morgan fingerprint density at radius 1 is 0.960 bits per heavy atom. The van der Waals surface area contributed by atoms with Crippen LogP contribution in [0.15, 0.2) is 54.9 Å². The minimum atomic E-state index is -0.262. The van der Waals surface area contributed by atoms with Gasteiger partial charge in [-0.2, -0.15) is 0 Å². The van der Waals surface area contributed by atoms with E-state index in [-0.39, 0.29) is 11.6 Å². The summed E-state index contributed by atoms with van der Waals surface area (Å²) >= 11 is 0. The van der Waals surface area contributed by atoms with Crippen LogP contribution in [0.3, 0.4) is 0 Å². The number of hydrogen-bond acceptors (Lipinski definition) is 5. The molecule has 0 fully saturated rings. The lowest BCUT2D eigenvalue weighted by Crippen LogP contribution is -2.24. The van der Waals surface area contributed by atoms with Gasteiger partial charge in [0.2, 0.25) is 0 Å². The van der Waals surface area contributed by atoms with E-state index in [1.165, 1.54) is 11.1 Å². The second-order valence-corrected chi connectivity index (χ2v) is 5.77. The SMILES string of the molecule is Cc1ccc(Nc2ccc(C(=O)NCc3ccncc3)nn2)cc1C. The fourth-order valence-corrected chi connectivity index (χ4v) is 2.26. The van der Waals surface area contributed by atoms with E-state index in [0.717, 1.165) is 11.3 Å². The van der Waals surface area contributed by atoms with Crippen molar-refractivity contribution in [2.45, 2.75) is 20.4 Å². The predicted molar refractivity (Wildman–Crippen MR) is 96.6 cm³/mol. The van der Waals surface area contributed by atoms with Crippen molar-refractivity contribution in [3.05, 3.63) is 77.2 Å². The topological polar surface area (TPSA) is 79.8 Å². The monoisotopic (exact) mass is 333 g/mol. The van der Waals surface area contributed by atoms with Gasteiger partial charge in [0, 0.05) is 24.6 Å². The minimum absolute atomic E-state index is 0.262. The average molecular weight is 333 g/mol. The summed E-state index contributed by atoms with van der Waals surface area (Å²) in [5.74, 6) is 0.330. The van der Waals surface area contributed by atoms with E-state index in [1.54, 1.807) is 24.5 Å². The Morgan fingerprint density at radius 3 is 2.44 bits per heavy atom. The Bertz CT molecular complexity index is 863. The van der Waals surface area contributed by atoms with E-state index in [9.17, 15) is 4.79 Å². The fraction of sp³-hybridized carbons (Fsp3) is 0.158. The van der Waals surface area contributed by atoms with E-state index in [2.05, 4.69) is 39.7 Å². The summed E-state index contributed by atoms with van der Waals surface area (Å²) in [6.45, 7) is 4.55. The van der Waals surface area contributed by atoms with E-state index >= 15 is 0 Å². The number of benzene rings is 1. The van der Waals surface area contributed by atoms with E-state index in [0.29, 0.717) is 12.4 Å². The molecule has 6 nitrogen and oxygen atoms in total. The maximum atomic E-state index is 12.1. The number of hydrogen-bond donors (Lipinski definition) is 2. The molecule has 1 aromatic carbocycles. The van der Waals surface area contributed by atoms with Crippen LogP contribution in [0.25, 0.3) is 0 Å². The van der Waals surface area contributed by atoms with Gasteiger partial charge in [0.25, 0.3) is 5.91 Å². The first-order chi connectivity index (χ1) is 12.1. The van der Waals surface area contributed by atoms with Crippen molar-refractivity contribution in [2.24, 2.45) is 0 Å². The highest BCUT2D eigenvalue weighted by atomic mass is 16.1. The first-order valence-corrected chi connectivity index (χ1v) is 7.97. The standard InChI is InChI=1S/C19H19N5O/c1-13-3-4-16(11-14(13)2)22-18-6-5-17(23-24-18)19(25)21-12-15-7-9-20-10-8-15/h3-11H,12H2,1-2H3,(H,21,25)(H,22,24). The second kappa shape index (κ2) is 7.53. The van der Waals surface area contributed by atoms with Crippen molar-refractivity contribution >= 4 is 17.4 Å². The number of rotatable bonds is 5. The number of carbonyl (C=O) groups excluding carboxylic acids is 1. The second-order valence-electron chi connectivity index (χ2n) is 5.77. The van der Waals surface area contributed by atoms with Crippen LogP contribution in [-0.4, -0.2) is 21.1 Å². The molecule has 0 aliphatic heterocycles. The van der Waals surface area contributed by atoms with Crippen LogP contribution in [0.2, 0.25) is 0 Å². The van der Waals surface area contributed by atoms with Crippen LogP contribution < -0.4 is 10.6 Å². The van der Waals surface area contributed by atoms with Gasteiger partial charge in [0.15, 0.2) is 11.5 Å². The smallest absolute Gasteiger partial charge is 0.272 e. The molecule has 0 unspecified atom stereocenters. The maximum Gasteiger partial charge on any atom is 0.272 e. The highest BCUT2D eigenvalue weighted by Gasteiger charge is 2.08. The molecule has 0 bridgehead atoms. The zero-order valence-electron chi connectivity index (χ0n) is 14.2. The maximum absolute atomic E-state index is 12.1. The molecule has 6 heteroatoms. The summed E-state index contributed by atoms with van der Waals surface area (Å²) < 4.78 is 0. The molecule has 2 aromatic heterocycles. The third kappa shape index (κ3) is 4.38. The molecule has 2 heterocycles. The minimum Gasteiger partial charge on any atom is -0.347 e. The summed E-state index contributed by atoms with van der Waals surface area (Å²) in [7, 11) is 0. The van der Waals surface area contributed by atoms with Gasteiger partial charge in [-0.05, 0) is 66.9 Å². The van der Waals surface area contributed by atoms with E-state index in [1.807, 2.05) is 30.3 Å². The number of nitrogens with zero attached hydrogens (tertiary/aromatic N) is 3. The summed E-state index contributed by atoms with van der Waals surface area (Å²) in [6, 6.07) is 13.2. The number of aryl methyl sites for hydroxylation is 2. The van der Waals surface area contributed by atoms with Crippen LogP contribution in [-0.2, 0) is 6.54 Å². The number of nitrogens with one attached hydrogen (secondary N) is 2. The number of amides is 1. The number of pyridine rings is 1. The summed E-state index contributed by atoms with van der Waals surface area (Å²) in [4.78, 5) is 16.1. The van der Waals surface area contributed by atoms with Gasteiger partial charge < -0.3 is 10.6 Å². The summed E-state index contributed by atoms with van der Waals surface area (Å²) in [5.41, 5.74) is 4.62. The van der Waals surface area contributed by atoms with Crippen LogP contribution in [0.5, 0.6) is 0 Å². The largest absolute Gasteiger partial charge is 0.347 e. The Morgan fingerprint density at radius 2 is 1.76 bits per heavy atom. The molecule has 0 radical (unpaired) electrons. The van der Waals surface area contributed by atoms with Crippen molar-refractivity contribution in [2.75, 3.05) is 5.32 Å². The Balaban J connectivity index is 1.61. The van der Waals surface area contributed by atoms with Crippen molar-refractivity contribution in [3.8, 4) is 0 Å². The molecule has 3 rings (SSSR count). The molecule has 126 valence electrons. The molecular weight excluding hydrogens is 314 g/mol. The summed E-state index contributed by atoms with van der Waals surface area (Å²) in [5, 5.41) is 14.1. The molecule has 2 N–H and O–H groups in total. The Labute approximate surface area is 146 Å². The Kier molecular flexibility index (Phi) is 4.99. The normalized spacial score (nSPS) is 10.3. The van der Waals surface area contributed by atoms with Gasteiger partial charge >= 0.3 is 0 Å². The molecule has 1 amide bonds. The number of carbonyl (C=O) groups is 1. The van der Waals surface area contributed by atoms with Gasteiger partial charge in [-0.1, -0.05) is 6.07 Å². The lowest BCUT2D eigenvalue weighted by atomic mass is 10.1. The quantitative estimate of drug-likeness (QED) is 0.750. The molecule has 0 spiro atoms. The zero-order chi connectivity index (χ0) is 17.6. The summed E-state index contributed by atoms with van der Waals surface area (Å²) in [6.07, 6.45) is 3.38. The van der Waals surface area contributed by atoms with Gasteiger partial charge in [0.05, 0.1) is 0 Å². The molecular formula is C19H19N5O. The van der Waals surface area contributed by atoms with Crippen LogP contribution in [0.4, 0.5) is 11.5 Å². The fourth-order valence-electron chi connectivity index (χ4n) is 2.26. The lowest BCUT2D eigenvalue weighted by molar-refractivity contribution is 0.0945. The van der Waals surface area contributed by atoms with Gasteiger partial charge in [-0.15, -0.1) is 10.2 Å². The highest BCUT2D eigenvalue weighted by molar-refractivity contribution is 5.92. The zero-order valence-corrected chi connectivity index (χ0v) is 14.2. The van der Waals surface area contributed by atoms with Crippen molar-refractivity contribution < 1.29 is 4.79 Å². The van der Waals surface area contributed by atoms with Crippen molar-refractivity contribution in [1.82, 2.24) is 20.5 Å². The van der Waals surface area contributed by atoms with Gasteiger partial charge in [0.1, 0.15) is 0 Å². The Hall–Kier alpha value is -3.28. The van der Waals surface area contributed by atoms with Crippen LogP contribution in [0.1, 0.15) is 27.2 Å². The molecule has 0 saturated heterocycles.